The molecule has 0 heterocycles. The summed E-state index contributed by atoms with van der Waals surface area (Å²) in [6.45, 7) is 13.2. The number of rotatable bonds is 18. The van der Waals surface area contributed by atoms with Crippen molar-refractivity contribution in [1.29, 1.82) is 0 Å². The van der Waals surface area contributed by atoms with Crippen LogP contribution in [0.25, 0.3) is 0 Å². The summed E-state index contributed by atoms with van der Waals surface area (Å²) >= 11 is 0. The molecule has 0 saturated heterocycles. The van der Waals surface area contributed by atoms with Crippen LogP contribution in [0.15, 0.2) is 0 Å². The van der Waals surface area contributed by atoms with E-state index in [9.17, 15) is 4.79 Å². The van der Waals surface area contributed by atoms with Gasteiger partial charge in [-0.1, -0.05) is 119 Å². The minimum Gasteiger partial charge on any atom is -0.462 e. The number of unbranched alkanes of at least 4 members (excludes halogenated alkanes) is 10. The molecule has 0 spiro atoms. The zero-order chi connectivity index (χ0) is 20.5. The first kappa shape index (κ1) is 26.5. The fourth-order valence-corrected chi connectivity index (χ4v) is 3.99. The van der Waals surface area contributed by atoms with Crippen molar-refractivity contribution in [2.45, 2.75) is 138 Å². The molecule has 0 unspecified atom stereocenters. The average molecular weight is 383 g/mol. The van der Waals surface area contributed by atoms with Crippen LogP contribution in [0.4, 0.5) is 0 Å². The van der Waals surface area contributed by atoms with E-state index in [1.807, 2.05) is 0 Å². The van der Waals surface area contributed by atoms with Gasteiger partial charge in [0.2, 0.25) is 0 Å². The molecule has 0 aliphatic rings. The van der Waals surface area contributed by atoms with Gasteiger partial charge in [0.25, 0.3) is 0 Å². The Morgan fingerprint density at radius 2 is 1.00 bits per heavy atom. The van der Waals surface area contributed by atoms with E-state index in [0.29, 0.717) is 11.8 Å². The Labute approximate surface area is 171 Å². The van der Waals surface area contributed by atoms with Gasteiger partial charge in [-0.05, 0) is 24.7 Å². The molecule has 0 aromatic rings. The lowest BCUT2D eigenvalue weighted by Gasteiger charge is -2.27. The zero-order valence-electron chi connectivity index (χ0n) is 19.5. The Hall–Kier alpha value is -0.530. The van der Waals surface area contributed by atoms with E-state index < -0.39 is 0 Å². The molecule has 2 heteroatoms. The number of hydrogen-bond acceptors (Lipinski definition) is 2. The van der Waals surface area contributed by atoms with Crippen molar-refractivity contribution in [2.75, 3.05) is 0 Å². The summed E-state index contributed by atoms with van der Waals surface area (Å²) in [5.41, 5.74) is 0. The normalized spacial score (nSPS) is 11.9. The van der Waals surface area contributed by atoms with Crippen molar-refractivity contribution in [3.63, 3.8) is 0 Å². The second kappa shape index (κ2) is 17.6. The summed E-state index contributed by atoms with van der Waals surface area (Å²) in [4.78, 5) is 12.9. The standard InChI is InChI=1S/C25H50O2/c1-7-9-11-13-15-17-19-23(20-18-16-14-12-10-8-2)25(26)27-24(21(3)4)22(5)6/h21-24H,7-20H2,1-6H3. The Morgan fingerprint density at radius 1 is 0.630 bits per heavy atom. The fraction of sp³-hybridized carbons (Fsp3) is 0.960. The van der Waals surface area contributed by atoms with E-state index in [4.69, 9.17) is 4.74 Å². The van der Waals surface area contributed by atoms with Crippen LogP contribution in [0.5, 0.6) is 0 Å². The molecule has 2 nitrogen and oxygen atoms in total. The molecule has 0 radical (unpaired) electrons. The SMILES string of the molecule is CCCCCCCCC(CCCCCCCC)C(=O)OC(C(C)C)C(C)C. The maximum absolute atomic E-state index is 12.9. The lowest BCUT2D eigenvalue weighted by atomic mass is 9.93. The molecule has 0 aromatic carbocycles. The molecule has 0 N–H and O–H groups in total. The molecule has 0 aliphatic carbocycles. The Kier molecular flexibility index (Phi) is 17.2. The summed E-state index contributed by atoms with van der Waals surface area (Å²) in [5.74, 6) is 0.960. The van der Waals surface area contributed by atoms with Gasteiger partial charge in [-0.3, -0.25) is 4.79 Å². The van der Waals surface area contributed by atoms with Crippen LogP contribution >= 0.6 is 0 Å². The molecule has 0 fully saturated rings. The Morgan fingerprint density at radius 3 is 1.37 bits per heavy atom. The highest BCUT2D eigenvalue weighted by Gasteiger charge is 2.26. The minimum absolute atomic E-state index is 0.0501. The van der Waals surface area contributed by atoms with Gasteiger partial charge >= 0.3 is 5.97 Å². The third-order valence-electron chi connectivity index (χ3n) is 5.71. The molecule has 0 atom stereocenters. The van der Waals surface area contributed by atoms with Crippen LogP contribution in [0.3, 0.4) is 0 Å². The van der Waals surface area contributed by atoms with Crippen molar-refractivity contribution in [3.8, 4) is 0 Å². The quantitative estimate of drug-likeness (QED) is 0.176. The summed E-state index contributed by atoms with van der Waals surface area (Å²) in [6.07, 6.45) is 17.5. The maximum atomic E-state index is 12.9. The van der Waals surface area contributed by atoms with Crippen LogP contribution in [0.1, 0.15) is 131 Å². The van der Waals surface area contributed by atoms with Crippen molar-refractivity contribution in [3.05, 3.63) is 0 Å². The van der Waals surface area contributed by atoms with Gasteiger partial charge in [0.15, 0.2) is 0 Å². The van der Waals surface area contributed by atoms with E-state index >= 15 is 0 Å². The molecule has 0 rings (SSSR count). The number of carbonyl (C=O) groups is 1. The first-order chi connectivity index (χ1) is 12.9. The average Bonchev–Trinajstić information content (AvgIpc) is 2.62. The first-order valence-corrected chi connectivity index (χ1v) is 12.1. The van der Waals surface area contributed by atoms with Crippen molar-refractivity contribution in [1.82, 2.24) is 0 Å². The molecule has 0 aromatic heterocycles. The smallest absolute Gasteiger partial charge is 0.309 e. The summed E-state index contributed by atoms with van der Waals surface area (Å²) in [7, 11) is 0. The van der Waals surface area contributed by atoms with E-state index in [1.54, 1.807) is 0 Å². The zero-order valence-corrected chi connectivity index (χ0v) is 19.5. The van der Waals surface area contributed by atoms with Crippen molar-refractivity contribution < 1.29 is 9.53 Å². The molecular formula is C25H50O2. The highest BCUT2D eigenvalue weighted by molar-refractivity contribution is 5.72. The highest BCUT2D eigenvalue weighted by atomic mass is 16.5. The molecule has 0 amide bonds. The summed E-state index contributed by atoms with van der Waals surface area (Å²) in [5, 5.41) is 0. The lowest BCUT2D eigenvalue weighted by Crippen LogP contribution is -2.32. The number of hydrogen-bond donors (Lipinski definition) is 0. The van der Waals surface area contributed by atoms with Crippen molar-refractivity contribution >= 4 is 5.97 Å². The summed E-state index contributed by atoms with van der Waals surface area (Å²) < 4.78 is 5.99. The van der Waals surface area contributed by atoms with Gasteiger partial charge in [-0.15, -0.1) is 0 Å². The second-order valence-corrected chi connectivity index (χ2v) is 9.20. The molecule has 27 heavy (non-hydrogen) atoms. The first-order valence-electron chi connectivity index (χ1n) is 12.1. The fourth-order valence-electron chi connectivity index (χ4n) is 3.99. The van der Waals surface area contributed by atoms with Gasteiger partial charge in [0.05, 0.1) is 5.92 Å². The van der Waals surface area contributed by atoms with Crippen LogP contribution in [0, 0.1) is 17.8 Å². The van der Waals surface area contributed by atoms with Crippen LogP contribution in [-0.2, 0) is 9.53 Å². The highest BCUT2D eigenvalue weighted by Crippen LogP contribution is 2.24. The number of esters is 1. The predicted octanol–water partition coefficient (Wildman–Crippen LogP) is 8.33. The Bertz CT molecular complexity index is 311. The van der Waals surface area contributed by atoms with Crippen LogP contribution in [0.2, 0.25) is 0 Å². The molecule has 0 bridgehead atoms. The molecule has 0 aliphatic heterocycles. The van der Waals surface area contributed by atoms with Gasteiger partial charge in [0.1, 0.15) is 6.10 Å². The lowest BCUT2D eigenvalue weighted by molar-refractivity contribution is -0.159. The van der Waals surface area contributed by atoms with E-state index in [-0.39, 0.29) is 18.0 Å². The number of ether oxygens (including phenoxy) is 1. The van der Waals surface area contributed by atoms with E-state index in [1.165, 1.54) is 77.0 Å². The largest absolute Gasteiger partial charge is 0.462 e. The molecule has 0 saturated carbocycles. The molecular weight excluding hydrogens is 332 g/mol. The van der Waals surface area contributed by atoms with Gasteiger partial charge in [-0.25, -0.2) is 0 Å². The van der Waals surface area contributed by atoms with Gasteiger partial charge in [0, 0.05) is 0 Å². The van der Waals surface area contributed by atoms with Gasteiger partial charge in [-0.2, -0.15) is 0 Å². The van der Waals surface area contributed by atoms with E-state index in [2.05, 4.69) is 41.5 Å². The third kappa shape index (κ3) is 14.2. The molecule has 162 valence electrons. The summed E-state index contributed by atoms with van der Waals surface area (Å²) in [6, 6.07) is 0. The number of carbonyl (C=O) groups excluding carboxylic acids is 1. The maximum Gasteiger partial charge on any atom is 0.309 e. The second-order valence-electron chi connectivity index (χ2n) is 9.20. The van der Waals surface area contributed by atoms with Crippen molar-refractivity contribution in [2.24, 2.45) is 17.8 Å². The van der Waals surface area contributed by atoms with Crippen LogP contribution < -0.4 is 0 Å². The third-order valence-corrected chi connectivity index (χ3v) is 5.71. The van der Waals surface area contributed by atoms with Crippen LogP contribution in [-0.4, -0.2) is 12.1 Å². The van der Waals surface area contributed by atoms with E-state index in [0.717, 1.165) is 12.8 Å². The topological polar surface area (TPSA) is 26.3 Å². The monoisotopic (exact) mass is 382 g/mol. The minimum atomic E-state index is 0.0501. The predicted molar refractivity (Wildman–Crippen MR) is 119 cm³/mol. The Balaban J connectivity index is 4.44. The van der Waals surface area contributed by atoms with Gasteiger partial charge < -0.3 is 4.74 Å².